The molecule has 0 radical (unpaired) electrons. The second-order valence-corrected chi connectivity index (χ2v) is 9.31. The van der Waals surface area contributed by atoms with Crippen LogP contribution in [-0.4, -0.2) is 16.1 Å². The van der Waals surface area contributed by atoms with E-state index in [0.717, 1.165) is 34.6 Å². The van der Waals surface area contributed by atoms with Crippen molar-refractivity contribution in [1.82, 2.24) is 4.98 Å². The van der Waals surface area contributed by atoms with Gasteiger partial charge in [0.15, 0.2) is 5.88 Å². The van der Waals surface area contributed by atoms with Gasteiger partial charge in [0.1, 0.15) is 11.4 Å². The number of hydrogen-bond acceptors (Lipinski definition) is 3. The number of hydrogen-bond donors (Lipinski definition) is 3. The summed E-state index contributed by atoms with van der Waals surface area (Å²) in [5.41, 5.74) is 3.25. The van der Waals surface area contributed by atoms with E-state index in [0.29, 0.717) is 0 Å². The molecule has 0 aliphatic heterocycles. The fourth-order valence-electron chi connectivity index (χ4n) is 3.69. The number of nitrogens with one attached hydrogen (secondary N) is 3. The Labute approximate surface area is 166 Å². The molecular weight excluding hydrogens is 346 g/mol. The van der Waals surface area contributed by atoms with Crippen molar-refractivity contribution in [3.05, 3.63) is 60.2 Å². The summed E-state index contributed by atoms with van der Waals surface area (Å²) in [5, 5.41) is 9.40. The minimum absolute atomic E-state index is 0.0300. The molecule has 4 rings (SSSR count). The van der Waals surface area contributed by atoms with Crippen LogP contribution in [0.15, 0.2) is 59.0 Å². The monoisotopic (exact) mass is 375 g/mol. The fourth-order valence-corrected chi connectivity index (χ4v) is 3.69. The maximum Gasteiger partial charge on any atom is 0.194 e. The van der Waals surface area contributed by atoms with Gasteiger partial charge in [-0.2, -0.15) is 0 Å². The van der Waals surface area contributed by atoms with Crippen LogP contribution < -0.4 is 10.6 Å². The molecular formula is C24H29N3O. The van der Waals surface area contributed by atoms with E-state index in [9.17, 15) is 0 Å². The highest BCUT2D eigenvalue weighted by Gasteiger charge is 2.20. The van der Waals surface area contributed by atoms with Crippen LogP contribution in [0.1, 0.15) is 40.2 Å². The molecule has 0 spiro atoms. The molecule has 0 bridgehead atoms. The highest BCUT2D eigenvalue weighted by atomic mass is 16.3. The van der Waals surface area contributed by atoms with E-state index in [1.54, 1.807) is 0 Å². The van der Waals surface area contributed by atoms with Gasteiger partial charge in [0.05, 0.1) is 0 Å². The van der Waals surface area contributed by atoms with Crippen molar-refractivity contribution in [1.29, 1.82) is 0 Å². The second kappa shape index (κ2) is 6.62. The lowest BCUT2D eigenvalue weighted by Crippen LogP contribution is -2.33. The quantitative estimate of drug-likeness (QED) is 0.370. The Hall–Kier alpha value is -2.88. The summed E-state index contributed by atoms with van der Waals surface area (Å²) in [6.45, 7) is 10.9. The number of H-pyrrole nitrogens is 1. The third-order valence-corrected chi connectivity index (χ3v) is 4.73. The summed E-state index contributed by atoms with van der Waals surface area (Å²) in [7, 11) is 0. The zero-order valence-electron chi connectivity index (χ0n) is 17.3. The summed E-state index contributed by atoms with van der Waals surface area (Å²) in [6, 6.07) is 19.0. The number of fused-ring (bicyclic) bond motifs is 2. The molecule has 3 N–H and O–H groups in total. The first kappa shape index (κ1) is 18.5. The first-order chi connectivity index (χ1) is 13.2. The molecule has 4 heteroatoms. The van der Waals surface area contributed by atoms with Crippen LogP contribution in [0.2, 0.25) is 0 Å². The van der Waals surface area contributed by atoms with Crippen LogP contribution in [0, 0.1) is 0 Å². The van der Waals surface area contributed by atoms with Crippen LogP contribution in [0.25, 0.3) is 21.9 Å². The predicted octanol–water partition coefficient (Wildman–Crippen LogP) is 6.56. The normalized spacial score (nSPS) is 12.6. The van der Waals surface area contributed by atoms with Crippen LogP contribution in [0.4, 0.5) is 11.7 Å². The highest BCUT2D eigenvalue weighted by molar-refractivity contribution is 5.84. The van der Waals surface area contributed by atoms with Crippen molar-refractivity contribution < 1.29 is 4.42 Å². The Kier molecular flexibility index (Phi) is 4.37. The molecule has 0 unspecified atom stereocenters. The van der Waals surface area contributed by atoms with Gasteiger partial charge in [0.25, 0.3) is 0 Å². The topological polar surface area (TPSA) is 53.0 Å². The summed E-state index contributed by atoms with van der Waals surface area (Å²) >= 11 is 0. The van der Waals surface area contributed by atoms with Crippen LogP contribution in [-0.2, 0) is 6.42 Å². The summed E-state index contributed by atoms with van der Waals surface area (Å²) in [5.74, 6) is 1.87. The minimum Gasteiger partial charge on any atom is -0.441 e. The molecule has 0 aliphatic carbocycles. The van der Waals surface area contributed by atoms with Crippen molar-refractivity contribution in [3.63, 3.8) is 0 Å². The van der Waals surface area contributed by atoms with Gasteiger partial charge in [0, 0.05) is 33.4 Å². The first-order valence-corrected chi connectivity index (χ1v) is 9.84. The average Bonchev–Trinajstić information content (AvgIpc) is 3.13. The minimum atomic E-state index is -0.135. The molecule has 0 amide bonds. The van der Waals surface area contributed by atoms with Crippen LogP contribution in [0.3, 0.4) is 0 Å². The van der Waals surface area contributed by atoms with Gasteiger partial charge >= 0.3 is 0 Å². The number of para-hydroxylation sites is 1. The van der Waals surface area contributed by atoms with Gasteiger partial charge in [-0.3, -0.25) is 0 Å². The van der Waals surface area contributed by atoms with E-state index < -0.39 is 0 Å². The smallest absolute Gasteiger partial charge is 0.194 e. The summed E-state index contributed by atoms with van der Waals surface area (Å²) in [4.78, 5) is 3.46. The number of benzene rings is 2. The van der Waals surface area contributed by atoms with E-state index in [-0.39, 0.29) is 11.1 Å². The number of aromatic amines is 1. The molecule has 28 heavy (non-hydrogen) atoms. The van der Waals surface area contributed by atoms with Crippen molar-refractivity contribution in [2.45, 2.75) is 52.1 Å². The number of anilines is 2. The zero-order valence-corrected chi connectivity index (χ0v) is 17.3. The lowest BCUT2D eigenvalue weighted by Gasteiger charge is -2.26. The largest absolute Gasteiger partial charge is 0.441 e. The van der Waals surface area contributed by atoms with Crippen molar-refractivity contribution >= 4 is 33.6 Å². The van der Waals surface area contributed by atoms with Gasteiger partial charge in [-0.25, -0.2) is 0 Å². The lowest BCUT2D eigenvalue weighted by atomic mass is 9.94. The molecule has 146 valence electrons. The molecule has 4 nitrogen and oxygen atoms in total. The lowest BCUT2D eigenvalue weighted by molar-refractivity contribution is 0.526. The van der Waals surface area contributed by atoms with Gasteiger partial charge < -0.3 is 20.0 Å². The fraction of sp³-hybridized carbons (Fsp3) is 0.333. The maximum atomic E-state index is 5.94. The molecule has 2 aromatic carbocycles. The van der Waals surface area contributed by atoms with Gasteiger partial charge in [0.2, 0.25) is 0 Å². The maximum absolute atomic E-state index is 5.94. The van der Waals surface area contributed by atoms with Gasteiger partial charge in [-0.1, -0.05) is 24.3 Å². The molecule has 2 aromatic heterocycles. The molecule has 0 saturated heterocycles. The van der Waals surface area contributed by atoms with E-state index in [4.69, 9.17) is 4.42 Å². The SMILES string of the molecule is CC(C)(C)Nc1cc2cc(CC(C)(C)Nc3cc4ccccc4o3)ccc2[nH]1. The molecule has 4 aromatic rings. The van der Waals surface area contributed by atoms with E-state index in [2.05, 4.69) is 86.6 Å². The molecule has 0 saturated carbocycles. The summed E-state index contributed by atoms with van der Waals surface area (Å²) < 4.78 is 5.94. The second-order valence-electron chi connectivity index (χ2n) is 9.31. The Morgan fingerprint density at radius 1 is 0.857 bits per heavy atom. The Balaban J connectivity index is 1.52. The Morgan fingerprint density at radius 3 is 2.39 bits per heavy atom. The molecule has 2 heterocycles. The van der Waals surface area contributed by atoms with E-state index in [1.165, 1.54) is 10.9 Å². The third kappa shape index (κ3) is 4.16. The number of aromatic nitrogens is 1. The Bertz CT molecular complexity index is 1080. The van der Waals surface area contributed by atoms with Crippen LogP contribution in [0.5, 0.6) is 0 Å². The first-order valence-electron chi connectivity index (χ1n) is 9.84. The summed E-state index contributed by atoms with van der Waals surface area (Å²) in [6.07, 6.45) is 0.896. The van der Waals surface area contributed by atoms with Crippen molar-refractivity contribution in [2.75, 3.05) is 10.6 Å². The van der Waals surface area contributed by atoms with Gasteiger partial charge in [-0.05, 0) is 70.9 Å². The average molecular weight is 376 g/mol. The van der Waals surface area contributed by atoms with Crippen molar-refractivity contribution in [2.24, 2.45) is 0 Å². The van der Waals surface area contributed by atoms with Gasteiger partial charge in [-0.15, -0.1) is 0 Å². The highest BCUT2D eigenvalue weighted by Crippen LogP contribution is 2.28. The Morgan fingerprint density at radius 2 is 1.64 bits per heavy atom. The number of rotatable bonds is 5. The zero-order chi connectivity index (χ0) is 19.9. The molecule has 0 aliphatic rings. The number of furan rings is 1. The van der Waals surface area contributed by atoms with E-state index in [1.807, 2.05) is 18.2 Å². The third-order valence-electron chi connectivity index (χ3n) is 4.73. The van der Waals surface area contributed by atoms with E-state index >= 15 is 0 Å². The van der Waals surface area contributed by atoms with Crippen molar-refractivity contribution in [3.8, 4) is 0 Å². The molecule has 0 atom stereocenters. The predicted molar refractivity (Wildman–Crippen MR) is 119 cm³/mol. The molecule has 0 fully saturated rings. The van der Waals surface area contributed by atoms with Crippen LogP contribution >= 0.6 is 0 Å². The standard InChI is InChI=1S/C24H29N3O/c1-23(2,3)26-21-13-18-12-16(10-11-19(18)25-21)15-24(4,5)27-22-14-17-8-6-7-9-20(17)28-22/h6-14,25-27H,15H2,1-5H3.